The van der Waals surface area contributed by atoms with Crippen LogP contribution in [0.3, 0.4) is 0 Å². The van der Waals surface area contributed by atoms with Crippen molar-refractivity contribution in [1.29, 1.82) is 0 Å². The zero-order valence-electron chi connectivity index (χ0n) is 10.6. The van der Waals surface area contributed by atoms with Gasteiger partial charge in [0, 0.05) is 26.2 Å². The van der Waals surface area contributed by atoms with Crippen LogP contribution in [0.5, 0.6) is 0 Å². The minimum Gasteiger partial charge on any atom is -0.314 e. The lowest BCUT2D eigenvalue weighted by Crippen LogP contribution is -2.49. The van der Waals surface area contributed by atoms with Crippen LogP contribution in [0.1, 0.15) is 17.2 Å². The maximum absolute atomic E-state index is 13.5. The van der Waals surface area contributed by atoms with E-state index in [9.17, 15) is 17.6 Å². The standard InChI is InChI=1S/C13H16F4N2/c1-9-2-3-10(8-11(9)14)12(13(15,16)17)19-6-4-18-5-7-19/h2-3,8,12,18H,4-7H2,1H3/t12-/m0/s1. The molecule has 106 valence electrons. The third kappa shape index (κ3) is 3.25. The molecule has 1 aliphatic heterocycles. The molecule has 1 fully saturated rings. The molecule has 0 unspecified atom stereocenters. The molecular formula is C13H16F4N2. The monoisotopic (exact) mass is 276 g/mol. The number of alkyl halides is 3. The van der Waals surface area contributed by atoms with E-state index in [1.807, 2.05) is 0 Å². The van der Waals surface area contributed by atoms with E-state index in [4.69, 9.17) is 0 Å². The van der Waals surface area contributed by atoms with E-state index in [1.54, 1.807) is 0 Å². The second-order valence-electron chi connectivity index (χ2n) is 4.74. The van der Waals surface area contributed by atoms with Crippen molar-refractivity contribution in [3.63, 3.8) is 0 Å². The SMILES string of the molecule is Cc1ccc([C@H](N2CCNCC2)C(F)(F)F)cc1F. The van der Waals surface area contributed by atoms with Crippen LogP contribution in [0.15, 0.2) is 18.2 Å². The van der Waals surface area contributed by atoms with E-state index in [2.05, 4.69) is 5.32 Å². The molecule has 1 aromatic carbocycles. The van der Waals surface area contributed by atoms with Gasteiger partial charge in [0.05, 0.1) is 0 Å². The van der Waals surface area contributed by atoms with Crippen LogP contribution in [0, 0.1) is 12.7 Å². The Morgan fingerprint density at radius 1 is 1.21 bits per heavy atom. The summed E-state index contributed by atoms with van der Waals surface area (Å²) in [5.74, 6) is -0.595. The van der Waals surface area contributed by atoms with Gasteiger partial charge in [-0.1, -0.05) is 12.1 Å². The number of halogens is 4. The smallest absolute Gasteiger partial charge is 0.314 e. The highest BCUT2D eigenvalue weighted by atomic mass is 19.4. The van der Waals surface area contributed by atoms with Crippen LogP contribution >= 0.6 is 0 Å². The molecule has 0 amide bonds. The Labute approximate surface area is 109 Å². The predicted octanol–water partition coefficient (Wildman–Crippen LogP) is 2.64. The Bertz CT molecular complexity index is 439. The van der Waals surface area contributed by atoms with Crippen LogP contribution in [0.4, 0.5) is 17.6 Å². The topological polar surface area (TPSA) is 15.3 Å². The molecule has 1 heterocycles. The van der Waals surface area contributed by atoms with Gasteiger partial charge in [0.15, 0.2) is 0 Å². The number of piperazine rings is 1. The Morgan fingerprint density at radius 3 is 2.37 bits per heavy atom. The van der Waals surface area contributed by atoms with Gasteiger partial charge in [-0.05, 0) is 24.1 Å². The molecule has 1 atom stereocenters. The molecule has 0 radical (unpaired) electrons. The molecule has 2 rings (SSSR count). The van der Waals surface area contributed by atoms with Crippen molar-refractivity contribution in [2.75, 3.05) is 26.2 Å². The van der Waals surface area contributed by atoms with Crippen molar-refractivity contribution in [2.45, 2.75) is 19.1 Å². The van der Waals surface area contributed by atoms with E-state index in [-0.39, 0.29) is 5.56 Å². The van der Waals surface area contributed by atoms with E-state index in [1.165, 1.54) is 24.0 Å². The van der Waals surface area contributed by atoms with Crippen molar-refractivity contribution in [1.82, 2.24) is 10.2 Å². The second-order valence-corrected chi connectivity index (χ2v) is 4.74. The van der Waals surface area contributed by atoms with Gasteiger partial charge in [0.25, 0.3) is 0 Å². The highest BCUT2D eigenvalue weighted by Crippen LogP contribution is 2.38. The summed E-state index contributed by atoms with van der Waals surface area (Å²) >= 11 is 0. The second kappa shape index (κ2) is 5.46. The van der Waals surface area contributed by atoms with Crippen LogP contribution in [-0.4, -0.2) is 37.3 Å². The van der Waals surface area contributed by atoms with Gasteiger partial charge >= 0.3 is 6.18 Å². The zero-order valence-corrected chi connectivity index (χ0v) is 10.6. The fourth-order valence-electron chi connectivity index (χ4n) is 2.33. The van der Waals surface area contributed by atoms with Gasteiger partial charge in [-0.2, -0.15) is 13.2 Å². The Kier molecular flexibility index (Phi) is 4.10. The Balaban J connectivity index is 2.33. The number of aryl methyl sites for hydroxylation is 1. The summed E-state index contributed by atoms with van der Waals surface area (Å²) in [6.45, 7) is 3.17. The first-order valence-corrected chi connectivity index (χ1v) is 6.17. The number of nitrogens with one attached hydrogen (secondary N) is 1. The van der Waals surface area contributed by atoms with E-state index in [0.29, 0.717) is 31.7 Å². The molecule has 2 nitrogen and oxygen atoms in total. The minimum absolute atomic E-state index is 0.0301. The molecule has 1 saturated heterocycles. The molecule has 0 aliphatic carbocycles. The summed E-state index contributed by atoms with van der Waals surface area (Å²) in [5, 5.41) is 3.01. The molecule has 1 N–H and O–H groups in total. The van der Waals surface area contributed by atoms with Crippen LogP contribution in [0.25, 0.3) is 0 Å². The largest absolute Gasteiger partial charge is 0.408 e. The summed E-state index contributed by atoms with van der Waals surface area (Å²) in [4.78, 5) is 1.35. The zero-order chi connectivity index (χ0) is 14.0. The third-order valence-electron chi connectivity index (χ3n) is 3.34. The number of hydrogen-bond donors (Lipinski definition) is 1. The number of benzene rings is 1. The lowest BCUT2D eigenvalue weighted by atomic mass is 10.0. The average molecular weight is 276 g/mol. The first kappa shape index (κ1) is 14.3. The predicted molar refractivity (Wildman–Crippen MR) is 64.4 cm³/mol. The molecule has 1 aromatic rings. The lowest BCUT2D eigenvalue weighted by Gasteiger charge is -2.36. The lowest BCUT2D eigenvalue weighted by molar-refractivity contribution is -0.187. The highest BCUT2D eigenvalue weighted by molar-refractivity contribution is 5.27. The van der Waals surface area contributed by atoms with Gasteiger partial charge in [0.1, 0.15) is 11.9 Å². The van der Waals surface area contributed by atoms with Gasteiger partial charge in [-0.25, -0.2) is 4.39 Å². The molecule has 0 saturated carbocycles. The van der Waals surface area contributed by atoms with Crippen LogP contribution in [0.2, 0.25) is 0 Å². The quantitative estimate of drug-likeness (QED) is 0.835. The van der Waals surface area contributed by atoms with Crippen molar-refractivity contribution >= 4 is 0 Å². The summed E-state index contributed by atoms with van der Waals surface area (Å²) in [5.41, 5.74) is 0.322. The fourth-order valence-corrected chi connectivity index (χ4v) is 2.33. The summed E-state index contributed by atoms with van der Waals surface area (Å²) in [6.07, 6.45) is -4.40. The van der Waals surface area contributed by atoms with E-state index >= 15 is 0 Å². The number of hydrogen-bond acceptors (Lipinski definition) is 2. The number of rotatable bonds is 2. The molecule has 19 heavy (non-hydrogen) atoms. The molecule has 1 aliphatic rings. The van der Waals surface area contributed by atoms with Crippen molar-refractivity contribution in [3.05, 3.63) is 35.1 Å². The first-order valence-electron chi connectivity index (χ1n) is 6.17. The normalized spacial score (nSPS) is 19.4. The molecule has 0 spiro atoms. The van der Waals surface area contributed by atoms with Crippen LogP contribution in [-0.2, 0) is 0 Å². The minimum atomic E-state index is -4.40. The fraction of sp³-hybridized carbons (Fsp3) is 0.538. The van der Waals surface area contributed by atoms with Crippen LogP contribution < -0.4 is 5.32 Å². The average Bonchev–Trinajstić information content (AvgIpc) is 2.34. The molecule has 6 heteroatoms. The maximum atomic E-state index is 13.5. The van der Waals surface area contributed by atoms with Crippen molar-refractivity contribution in [2.24, 2.45) is 0 Å². The van der Waals surface area contributed by atoms with Gasteiger partial charge in [-0.15, -0.1) is 0 Å². The maximum Gasteiger partial charge on any atom is 0.408 e. The number of nitrogens with zero attached hydrogens (tertiary/aromatic N) is 1. The van der Waals surface area contributed by atoms with Crippen molar-refractivity contribution in [3.8, 4) is 0 Å². The van der Waals surface area contributed by atoms with Crippen molar-refractivity contribution < 1.29 is 17.6 Å². The highest BCUT2D eigenvalue weighted by Gasteiger charge is 2.45. The molecular weight excluding hydrogens is 260 g/mol. The summed E-state index contributed by atoms with van der Waals surface area (Å²) in [6, 6.07) is 2.02. The Morgan fingerprint density at radius 2 is 1.84 bits per heavy atom. The van der Waals surface area contributed by atoms with Gasteiger partial charge in [-0.3, -0.25) is 4.90 Å². The van der Waals surface area contributed by atoms with Gasteiger partial charge < -0.3 is 5.32 Å². The third-order valence-corrected chi connectivity index (χ3v) is 3.34. The molecule has 0 bridgehead atoms. The van der Waals surface area contributed by atoms with E-state index in [0.717, 1.165) is 6.07 Å². The summed E-state index contributed by atoms with van der Waals surface area (Å²) < 4.78 is 53.2. The Hall–Kier alpha value is -1.14. The van der Waals surface area contributed by atoms with Gasteiger partial charge in [0.2, 0.25) is 0 Å². The van der Waals surface area contributed by atoms with E-state index < -0.39 is 18.0 Å². The molecule has 0 aromatic heterocycles. The first-order chi connectivity index (χ1) is 8.89. The summed E-state index contributed by atoms with van der Waals surface area (Å²) in [7, 11) is 0.